The minimum absolute atomic E-state index is 0.222. The highest BCUT2D eigenvalue weighted by atomic mass is 16.1. The smallest absolute Gasteiger partial charge is 0.155 e. The van der Waals surface area contributed by atoms with Crippen LogP contribution in [0, 0.1) is 5.92 Å². The predicted molar refractivity (Wildman–Crippen MR) is 48.5 cm³/mol. The Balaban J connectivity index is 4.63. The number of hydrogen-bond acceptors (Lipinski definition) is 1. The number of Topliss-reactive ketones (excluding diaryl/α,β-unsaturated/α-hetero) is 1. The SMILES string of the molecule is CCC(C)C(C(C)=O)=C(C)C. The summed E-state index contributed by atoms with van der Waals surface area (Å²) in [6.07, 6.45) is 1.04. The third-order valence-corrected chi connectivity index (χ3v) is 2.02. The van der Waals surface area contributed by atoms with Gasteiger partial charge in [-0.3, -0.25) is 4.79 Å². The minimum atomic E-state index is 0.222. The van der Waals surface area contributed by atoms with E-state index in [1.165, 1.54) is 0 Å². The van der Waals surface area contributed by atoms with Crippen molar-refractivity contribution in [3.63, 3.8) is 0 Å². The van der Waals surface area contributed by atoms with Gasteiger partial charge in [0.1, 0.15) is 0 Å². The zero-order valence-electron chi connectivity index (χ0n) is 8.19. The molecule has 0 saturated carbocycles. The minimum Gasteiger partial charge on any atom is -0.295 e. The average Bonchev–Trinajstić information content (AvgIpc) is 1.85. The van der Waals surface area contributed by atoms with Gasteiger partial charge in [-0.1, -0.05) is 19.4 Å². The van der Waals surface area contributed by atoms with Gasteiger partial charge in [-0.2, -0.15) is 0 Å². The molecule has 0 fully saturated rings. The topological polar surface area (TPSA) is 17.1 Å². The molecule has 1 unspecified atom stereocenters. The molecular weight excluding hydrogens is 136 g/mol. The van der Waals surface area contributed by atoms with Crippen molar-refractivity contribution in [3.05, 3.63) is 11.1 Å². The molecule has 0 aromatic rings. The summed E-state index contributed by atoms with van der Waals surface area (Å²) in [4.78, 5) is 11.1. The summed E-state index contributed by atoms with van der Waals surface area (Å²) in [7, 11) is 0. The highest BCUT2D eigenvalue weighted by Gasteiger charge is 2.12. The first-order valence-electron chi connectivity index (χ1n) is 4.19. The molecule has 0 radical (unpaired) electrons. The maximum absolute atomic E-state index is 11.1. The summed E-state index contributed by atoms with van der Waals surface area (Å²) in [5, 5.41) is 0. The van der Waals surface area contributed by atoms with Gasteiger partial charge in [0.05, 0.1) is 0 Å². The third kappa shape index (κ3) is 2.87. The second-order valence-corrected chi connectivity index (χ2v) is 3.28. The highest BCUT2D eigenvalue weighted by Crippen LogP contribution is 2.18. The van der Waals surface area contributed by atoms with Crippen molar-refractivity contribution in [1.29, 1.82) is 0 Å². The van der Waals surface area contributed by atoms with Gasteiger partial charge in [-0.05, 0) is 38.7 Å². The molecule has 0 aliphatic carbocycles. The molecule has 0 rings (SSSR count). The standard InChI is InChI=1S/C10H18O/c1-6-8(4)10(7(2)3)9(5)11/h8H,6H2,1-5H3. The van der Waals surface area contributed by atoms with Gasteiger partial charge in [0, 0.05) is 0 Å². The number of hydrogen-bond donors (Lipinski definition) is 0. The molecule has 64 valence electrons. The summed E-state index contributed by atoms with van der Waals surface area (Å²) < 4.78 is 0. The molecule has 0 aliphatic rings. The van der Waals surface area contributed by atoms with Gasteiger partial charge < -0.3 is 0 Å². The van der Waals surface area contributed by atoms with Crippen molar-refractivity contribution in [1.82, 2.24) is 0 Å². The zero-order chi connectivity index (χ0) is 9.02. The van der Waals surface area contributed by atoms with Gasteiger partial charge in [0.2, 0.25) is 0 Å². The van der Waals surface area contributed by atoms with Crippen LogP contribution in [0.3, 0.4) is 0 Å². The van der Waals surface area contributed by atoms with Gasteiger partial charge in [-0.25, -0.2) is 0 Å². The van der Waals surface area contributed by atoms with Crippen LogP contribution < -0.4 is 0 Å². The van der Waals surface area contributed by atoms with Crippen molar-refractivity contribution in [2.45, 2.75) is 41.0 Å². The fourth-order valence-corrected chi connectivity index (χ4v) is 1.40. The predicted octanol–water partition coefficient (Wildman–Crippen LogP) is 2.96. The molecule has 0 spiro atoms. The second kappa shape index (κ2) is 4.32. The summed E-state index contributed by atoms with van der Waals surface area (Å²) in [6, 6.07) is 0. The van der Waals surface area contributed by atoms with Crippen LogP contribution in [-0.4, -0.2) is 5.78 Å². The number of ketones is 1. The number of allylic oxidation sites excluding steroid dienone is 2. The van der Waals surface area contributed by atoms with Crippen LogP contribution in [0.25, 0.3) is 0 Å². The maximum atomic E-state index is 11.1. The fourth-order valence-electron chi connectivity index (χ4n) is 1.40. The molecule has 0 aromatic heterocycles. The molecule has 0 bridgehead atoms. The summed E-state index contributed by atoms with van der Waals surface area (Å²) in [5.74, 6) is 0.636. The lowest BCUT2D eigenvalue weighted by Crippen LogP contribution is -2.08. The van der Waals surface area contributed by atoms with Crippen molar-refractivity contribution in [2.75, 3.05) is 0 Å². The van der Waals surface area contributed by atoms with E-state index < -0.39 is 0 Å². The average molecular weight is 154 g/mol. The van der Waals surface area contributed by atoms with E-state index in [9.17, 15) is 4.79 Å². The Bertz CT molecular complexity index is 173. The second-order valence-electron chi connectivity index (χ2n) is 3.28. The van der Waals surface area contributed by atoms with Gasteiger partial charge >= 0.3 is 0 Å². The Morgan fingerprint density at radius 3 is 1.82 bits per heavy atom. The lowest BCUT2D eigenvalue weighted by Gasteiger charge is -2.12. The monoisotopic (exact) mass is 154 g/mol. The molecule has 0 aliphatic heterocycles. The number of rotatable bonds is 3. The van der Waals surface area contributed by atoms with Crippen LogP contribution in [0.5, 0.6) is 0 Å². The number of carbonyl (C=O) groups is 1. The molecule has 11 heavy (non-hydrogen) atoms. The lowest BCUT2D eigenvalue weighted by molar-refractivity contribution is -0.114. The molecule has 1 atom stereocenters. The Morgan fingerprint density at radius 1 is 1.27 bits per heavy atom. The van der Waals surface area contributed by atoms with E-state index in [1.807, 2.05) is 13.8 Å². The van der Waals surface area contributed by atoms with Crippen LogP contribution in [-0.2, 0) is 4.79 Å². The van der Waals surface area contributed by atoms with Crippen molar-refractivity contribution in [2.24, 2.45) is 5.92 Å². The van der Waals surface area contributed by atoms with E-state index >= 15 is 0 Å². The van der Waals surface area contributed by atoms with E-state index in [0.717, 1.165) is 17.6 Å². The number of carbonyl (C=O) groups excluding carboxylic acids is 1. The molecular formula is C10H18O. The van der Waals surface area contributed by atoms with Crippen LogP contribution in [0.1, 0.15) is 41.0 Å². The van der Waals surface area contributed by atoms with E-state index in [4.69, 9.17) is 0 Å². The molecule has 1 nitrogen and oxygen atoms in total. The lowest BCUT2D eigenvalue weighted by atomic mass is 9.92. The normalized spacial score (nSPS) is 12.5. The van der Waals surface area contributed by atoms with Crippen LogP contribution in [0.4, 0.5) is 0 Å². The molecule has 0 saturated heterocycles. The Kier molecular flexibility index (Phi) is 4.09. The zero-order valence-corrected chi connectivity index (χ0v) is 8.19. The summed E-state index contributed by atoms with van der Waals surface area (Å²) in [6.45, 7) is 9.86. The first-order chi connectivity index (χ1) is 5.00. The van der Waals surface area contributed by atoms with Crippen LogP contribution in [0.2, 0.25) is 0 Å². The summed E-state index contributed by atoms with van der Waals surface area (Å²) >= 11 is 0. The molecule has 0 aromatic carbocycles. The Labute approximate surface area is 69.5 Å². The first kappa shape index (κ1) is 10.4. The van der Waals surface area contributed by atoms with E-state index in [1.54, 1.807) is 6.92 Å². The molecule has 0 amide bonds. The first-order valence-corrected chi connectivity index (χ1v) is 4.19. The highest BCUT2D eigenvalue weighted by molar-refractivity contribution is 5.94. The van der Waals surface area contributed by atoms with E-state index in [-0.39, 0.29) is 5.78 Å². The quantitative estimate of drug-likeness (QED) is 0.571. The largest absolute Gasteiger partial charge is 0.295 e. The maximum Gasteiger partial charge on any atom is 0.155 e. The van der Waals surface area contributed by atoms with Gasteiger partial charge in [0.25, 0.3) is 0 Å². The van der Waals surface area contributed by atoms with Gasteiger partial charge in [-0.15, -0.1) is 0 Å². The van der Waals surface area contributed by atoms with Crippen molar-refractivity contribution < 1.29 is 4.79 Å². The molecule has 0 N–H and O–H groups in total. The van der Waals surface area contributed by atoms with Crippen molar-refractivity contribution >= 4 is 5.78 Å². The Morgan fingerprint density at radius 2 is 1.73 bits per heavy atom. The van der Waals surface area contributed by atoms with Crippen LogP contribution in [0.15, 0.2) is 11.1 Å². The van der Waals surface area contributed by atoms with Crippen molar-refractivity contribution in [3.8, 4) is 0 Å². The van der Waals surface area contributed by atoms with Gasteiger partial charge in [0.15, 0.2) is 5.78 Å². The third-order valence-electron chi connectivity index (χ3n) is 2.02. The van der Waals surface area contributed by atoms with E-state index in [0.29, 0.717) is 5.92 Å². The van der Waals surface area contributed by atoms with E-state index in [2.05, 4.69) is 13.8 Å². The summed E-state index contributed by atoms with van der Waals surface area (Å²) in [5.41, 5.74) is 2.17. The molecule has 0 heterocycles. The molecule has 1 heteroatoms. The Hall–Kier alpha value is -0.590. The van der Waals surface area contributed by atoms with Crippen LogP contribution >= 0.6 is 0 Å². The fraction of sp³-hybridized carbons (Fsp3) is 0.700.